The van der Waals surface area contributed by atoms with E-state index < -0.39 is 0 Å². The van der Waals surface area contributed by atoms with E-state index in [1.807, 2.05) is 25.1 Å². The lowest BCUT2D eigenvalue weighted by atomic mass is 9.99. The number of halogens is 1. The molecule has 1 atom stereocenters. The van der Waals surface area contributed by atoms with Crippen LogP contribution >= 0.6 is 23.8 Å². The highest BCUT2D eigenvalue weighted by molar-refractivity contribution is 7.80. The average molecular weight is 312 g/mol. The minimum Gasteiger partial charge on any atom is -0.362 e. The topological polar surface area (TPSA) is 27.3 Å². The molecule has 0 radical (unpaired) electrons. The van der Waals surface area contributed by atoms with Crippen LogP contribution in [-0.4, -0.2) is 36.7 Å². The summed E-state index contributed by atoms with van der Waals surface area (Å²) in [5.74, 6) is 0.669. The van der Waals surface area contributed by atoms with E-state index in [4.69, 9.17) is 23.8 Å². The Morgan fingerprint density at radius 2 is 2.30 bits per heavy atom. The van der Waals surface area contributed by atoms with Gasteiger partial charge in [-0.3, -0.25) is 0 Å². The number of thiocarbonyl (C=S) groups is 1. The van der Waals surface area contributed by atoms with Crippen molar-refractivity contribution in [3.05, 3.63) is 28.8 Å². The molecule has 2 N–H and O–H groups in total. The average Bonchev–Trinajstić information content (AvgIpc) is 2.40. The Hall–Kier alpha value is -0.840. The van der Waals surface area contributed by atoms with Crippen molar-refractivity contribution < 1.29 is 0 Å². The lowest BCUT2D eigenvalue weighted by Crippen LogP contribution is -2.40. The molecular weight excluding hydrogens is 290 g/mol. The van der Waals surface area contributed by atoms with Crippen molar-refractivity contribution in [1.29, 1.82) is 0 Å². The first-order valence-corrected chi connectivity index (χ1v) is 7.83. The minimum absolute atomic E-state index is 0.643. The van der Waals surface area contributed by atoms with Gasteiger partial charge in [0.2, 0.25) is 0 Å². The molecule has 1 fully saturated rings. The van der Waals surface area contributed by atoms with Crippen molar-refractivity contribution in [2.24, 2.45) is 5.92 Å². The summed E-state index contributed by atoms with van der Waals surface area (Å²) in [6.45, 7) is 5.28. The number of aryl methyl sites for hydroxylation is 1. The van der Waals surface area contributed by atoms with Crippen LogP contribution in [0.25, 0.3) is 0 Å². The highest BCUT2D eigenvalue weighted by Crippen LogP contribution is 2.22. The molecule has 0 aromatic heterocycles. The quantitative estimate of drug-likeness (QED) is 0.838. The lowest BCUT2D eigenvalue weighted by Gasteiger charge is -2.30. The van der Waals surface area contributed by atoms with Crippen molar-refractivity contribution in [2.45, 2.75) is 19.8 Å². The molecule has 0 bridgehead atoms. The molecule has 0 amide bonds. The molecule has 3 nitrogen and oxygen atoms in total. The number of hydrogen-bond donors (Lipinski definition) is 2. The van der Waals surface area contributed by atoms with E-state index in [1.165, 1.54) is 19.4 Å². The molecule has 1 aliphatic rings. The van der Waals surface area contributed by atoms with E-state index in [-0.39, 0.29) is 0 Å². The smallest absolute Gasteiger partial charge is 0.170 e. The van der Waals surface area contributed by atoms with Gasteiger partial charge in [-0.2, -0.15) is 0 Å². The van der Waals surface area contributed by atoms with Crippen LogP contribution in [0.3, 0.4) is 0 Å². The van der Waals surface area contributed by atoms with Crippen LogP contribution in [0.4, 0.5) is 5.69 Å². The summed E-state index contributed by atoms with van der Waals surface area (Å²) in [4.78, 5) is 2.38. The number of benzene rings is 1. The summed E-state index contributed by atoms with van der Waals surface area (Å²) in [6.07, 6.45) is 2.54. The van der Waals surface area contributed by atoms with Crippen LogP contribution in [0.2, 0.25) is 5.02 Å². The number of nitrogens with zero attached hydrogens (tertiary/aromatic N) is 1. The standard InChI is InChI=1S/C15H22ClN3S/c1-11-5-6-14(13(16)8-11)18-15(20)17-9-12-4-3-7-19(2)10-12/h5-6,8,12H,3-4,7,9-10H2,1-2H3,(H2,17,18,20)/t12-/m0/s1. The van der Waals surface area contributed by atoms with Gasteiger partial charge in [-0.25, -0.2) is 0 Å². The normalized spacial score (nSPS) is 19.6. The third-order valence-corrected chi connectivity index (χ3v) is 4.21. The molecule has 2 rings (SSSR count). The number of piperidine rings is 1. The van der Waals surface area contributed by atoms with Crippen molar-refractivity contribution in [1.82, 2.24) is 10.2 Å². The molecule has 5 heteroatoms. The number of hydrogen-bond acceptors (Lipinski definition) is 2. The van der Waals surface area contributed by atoms with Gasteiger partial charge in [-0.15, -0.1) is 0 Å². The van der Waals surface area contributed by atoms with Crippen molar-refractivity contribution in [3.8, 4) is 0 Å². The SMILES string of the molecule is Cc1ccc(NC(=S)NC[C@@H]2CCCN(C)C2)c(Cl)c1. The maximum absolute atomic E-state index is 6.18. The van der Waals surface area contributed by atoms with E-state index in [0.717, 1.165) is 24.3 Å². The van der Waals surface area contributed by atoms with Gasteiger partial charge in [-0.1, -0.05) is 17.7 Å². The molecule has 1 heterocycles. The second-order valence-electron chi connectivity index (χ2n) is 5.59. The van der Waals surface area contributed by atoms with Crippen LogP contribution in [0, 0.1) is 12.8 Å². The fourth-order valence-corrected chi connectivity index (χ4v) is 3.04. The van der Waals surface area contributed by atoms with Crippen molar-refractivity contribution in [2.75, 3.05) is 32.0 Å². The second kappa shape index (κ2) is 7.25. The molecule has 0 saturated carbocycles. The Balaban J connectivity index is 1.80. The zero-order valence-electron chi connectivity index (χ0n) is 12.1. The van der Waals surface area contributed by atoms with E-state index in [1.54, 1.807) is 0 Å². The minimum atomic E-state index is 0.643. The highest BCUT2D eigenvalue weighted by atomic mass is 35.5. The lowest BCUT2D eigenvalue weighted by molar-refractivity contribution is 0.211. The van der Waals surface area contributed by atoms with Crippen LogP contribution in [0.15, 0.2) is 18.2 Å². The molecule has 20 heavy (non-hydrogen) atoms. The number of rotatable bonds is 3. The Labute approximate surface area is 131 Å². The predicted molar refractivity (Wildman–Crippen MR) is 90.6 cm³/mol. The first-order chi connectivity index (χ1) is 9.54. The summed E-state index contributed by atoms with van der Waals surface area (Å²) >= 11 is 11.5. The second-order valence-corrected chi connectivity index (χ2v) is 6.40. The van der Waals surface area contributed by atoms with Crippen LogP contribution < -0.4 is 10.6 Å². The summed E-state index contributed by atoms with van der Waals surface area (Å²) in [7, 11) is 2.18. The maximum Gasteiger partial charge on any atom is 0.170 e. The monoisotopic (exact) mass is 311 g/mol. The summed E-state index contributed by atoms with van der Waals surface area (Å²) in [5, 5.41) is 7.80. The van der Waals surface area contributed by atoms with Crippen molar-refractivity contribution in [3.63, 3.8) is 0 Å². The Morgan fingerprint density at radius 3 is 3.00 bits per heavy atom. The maximum atomic E-state index is 6.18. The zero-order chi connectivity index (χ0) is 14.5. The van der Waals surface area contributed by atoms with Crippen LogP contribution in [0.5, 0.6) is 0 Å². The van der Waals surface area contributed by atoms with E-state index in [2.05, 4.69) is 22.6 Å². The molecule has 1 aromatic rings. The van der Waals surface area contributed by atoms with Gasteiger partial charge in [0.1, 0.15) is 0 Å². The fourth-order valence-electron chi connectivity index (χ4n) is 2.56. The van der Waals surface area contributed by atoms with Gasteiger partial charge in [-0.05, 0) is 69.2 Å². The largest absolute Gasteiger partial charge is 0.362 e. The Kier molecular flexibility index (Phi) is 5.64. The highest BCUT2D eigenvalue weighted by Gasteiger charge is 2.17. The van der Waals surface area contributed by atoms with Gasteiger partial charge >= 0.3 is 0 Å². The van der Waals surface area contributed by atoms with Gasteiger partial charge in [0, 0.05) is 13.1 Å². The summed E-state index contributed by atoms with van der Waals surface area (Å²) in [6, 6.07) is 5.91. The molecule has 1 aromatic carbocycles. The van der Waals surface area contributed by atoms with Gasteiger partial charge < -0.3 is 15.5 Å². The van der Waals surface area contributed by atoms with Crippen LogP contribution in [-0.2, 0) is 0 Å². The molecule has 1 aliphatic heterocycles. The molecule has 0 spiro atoms. The predicted octanol–water partition coefficient (Wildman–Crippen LogP) is 3.28. The summed E-state index contributed by atoms with van der Waals surface area (Å²) in [5.41, 5.74) is 2.00. The zero-order valence-corrected chi connectivity index (χ0v) is 13.7. The number of nitrogens with one attached hydrogen (secondary N) is 2. The fraction of sp³-hybridized carbons (Fsp3) is 0.533. The van der Waals surface area contributed by atoms with E-state index in [9.17, 15) is 0 Å². The van der Waals surface area contributed by atoms with Gasteiger partial charge in [0.05, 0.1) is 10.7 Å². The summed E-state index contributed by atoms with van der Waals surface area (Å²) < 4.78 is 0. The molecule has 1 saturated heterocycles. The molecule has 0 unspecified atom stereocenters. The molecule has 0 aliphatic carbocycles. The van der Waals surface area contributed by atoms with E-state index in [0.29, 0.717) is 16.1 Å². The molecular formula is C15H22ClN3S. The van der Waals surface area contributed by atoms with Gasteiger partial charge in [0.15, 0.2) is 5.11 Å². The number of likely N-dealkylation sites (tertiary alicyclic amines) is 1. The Bertz CT molecular complexity index is 478. The molecule has 110 valence electrons. The first kappa shape index (κ1) is 15.5. The van der Waals surface area contributed by atoms with E-state index >= 15 is 0 Å². The van der Waals surface area contributed by atoms with Gasteiger partial charge in [0.25, 0.3) is 0 Å². The number of anilines is 1. The third-order valence-electron chi connectivity index (χ3n) is 3.65. The first-order valence-electron chi connectivity index (χ1n) is 7.04. The third kappa shape index (κ3) is 4.62. The van der Waals surface area contributed by atoms with Crippen molar-refractivity contribution >= 4 is 34.6 Å². The van der Waals surface area contributed by atoms with Crippen LogP contribution in [0.1, 0.15) is 18.4 Å². The Morgan fingerprint density at radius 1 is 1.50 bits per heavy atom.